The van der Waals surface area contributed by atoms with Crippen LogP contribution < -0.4 is 9.47 Å². The van der Waals surface area contributed by atoms with E-state index >= 15 is 0 Å². The molecule has 6 nitrogen and oxygen atoms in total. The zero-order chi connectivity index (χ0) is 18.3. The lowest BCUT2D eigenvalue weighted by atomic mass is 9.90. The molecule has 2 rings (SSSR count). The number of allylic oxidation sites excluding steroid dienone is 1. The zero-order valence-electron chi connectivity index (χ0n) is 14.7. The summed E-state index contributed by atoms with van der Waals surface area (Å²) in [5.41, 5.74) is -1.34. The fourth-order valence-corrected chi connectivity index (χ4v) is 2.87. The third-order valence-electron chi connectivity index (χ3n) is 4.38. The Balaban J connectivity index is 2.07. The van der Waals surface area contributed by atoms with Gasteiger partial charge in [-0.3, -0.25) is 4.79 Å². The number of piperidine rings is 1. The van der Waals surface area contributed by atoms with Crippen LogP contribution in [0.25, 0.3) is 0 Å². The van der Waals surface area contributed by atoms with E-state index in [0.29, 0.717) is 31.0 Å². The second-order valence-corrected chi connectivity index (χ2v) is 6.02. The summed E-state index contributed by atoms with van der Waals surface area (Å²) in [6.45, 7) is 2.73. The van der Waals surface area contributed by atoms with E-state index in [1.165, 1.54) is 7.11 Å². The topological polar surface area (TPSA) is 76.1 Å². The van der Waals surface area contributed by atoms with Gasteiger partial charge in [-0.25, -0.2) is 4.79 Å². The van der Waals surface area contributed by atoms with Gasteiger partial charge in [-0.05, 0) is 18.6 Å². The SMILES string of the molecule is CCC=CCC(=O)N1CCC(Oc2ccccc2OC)(C(=O)O)CC1. The fourth-order valence-electron chi connectivity index (χ4n) is 2.87. The fraction of sp³-hybridized carbons (Fsp3) is 0.474. The Morgan fingerprint density at radius 1 is 1.20 bits per heavy atom. The lowest BCUT2D eigenvalue weighted by Gasteiger charge is -2.39. The summed E-state index contributed by atoms with van der Waals surface area (Å²) in [4.78, 5) is 25.8. The van der Waals surface area contributed by atoms with E-state index in [-0.39, 0.29) is 18.7 Å². The summed E-state index contributed by atoms with van der Waals surface area (Å²) in [5.74, 6) is -0.109. The van der Waals surface area contributed by atoms with Gasteiger partial charge in [-0.2, -0.15) is 0 Å². The van der Waals surface area contributed by atoms with Crippen LogP contribution in [-0.2, 0) is 9.59 Å². The van der Waals surface area contributed by atoms with Gasteiger partial charge in [0.2, 0.25) is 11.5 Å². The second-order valence-electron chi connectivity index (χ2n) is 6.02. The van der Waals surface area contributed by atoms with Crippen molar-refractivity contribution in [1.82, 2.24) is 4.90 Å². The monoisotopic (exact) mass is 347 g/mol. The summed E-state index contributed by atoms with van der Waals surface area (Å²) < 4.78 is 11.1. The molecule has 1 amide bonds. The highest BCUT2D eigenvalue weighted by Gasteiger charge is 2.45. The predicted octanol–water partition coefficient (Wildman–Crippen LogP) is 2.88. The van der Waals surface area contributed by atoms with E-state index in [9.17, 15) is 14.7 Å². The molecule has 0 spiro atoms. The number of carboxylic acids is 1. The molecule has 0 saturated carbocycles. The average Bonchev–Trinajstić information content (AvgIpc) is 2.62. The molecule has 1 aromatic rings. The number of para-hydroxylation sites is 2. The van der Waals surface area contributed by atoms with Crippen molar-refractivity contribution in [1.29, 1.82) is 0 Å². The Morgan fingerprint density at radius 2 is 1.84 bits per heavy atom. The van der Waals surface area contributed by atoms with Gasteiger partial charge in [0.25, 0.3) is 0 Å². The molecule has 1 N–H and O–H groups in total. The Kier molecular flexibility index (Phi) is 6.44. The maximum atomic E-state index is 12.2. The minimum atomic E-state index is -1.34. The number of nitrogens with zero attached hydrogens (tertiary/aromatic N) is 1. The van der Waals surface area contributed by atoms with Crippen LogP contribution in [0.15, 0.2) is 36.4 Å². The number of likely N-dealkylation sites (tertiary alicyclic amines) is 1. The summed E-state index contributed by atoms with van der Waals surface area (Å²) >= 11 is 0. The third-order valence-corrected chi connectivity index (χ3v) is 4.38. The number of carbonyl (C=O) groups excluding carboxylic acids is 1. The third kappa shape index (κ3) is 4.53. The van der Waals surface area contributed by atoms with Gasteiger partial charge < -0.3 is 19.5 Å². The molecule has 1 fully saturated rings. The van der Waals surface area contributed by atoms with Crippen molar-refractivity contribution in [3.05, 3.63) is 36.4 Å². The van der Waals surface area contributed by atoms with Gasteiger partial charge >= 0.3 is 5.97 Å². The van der Waals surface area contributed by atoms with Gasteiger partial charge in [0.1, 0.15) is 0 Å². The molecule has 0 aliphatic carbocycles. The number of benzene rings is 1. The summed E-state index contributed by atoms with van der Waals surface area (Å²) in [7, 11) is 1.51. The number of carbonyl (C=O) groups is 2. The lowest BCUT2D eigenvalue weighted by Crippen LogP contribution is -2.54. The van der Waals surface area contributed by atoms with Crippen molar-refractivity contribution < 1.29 is 24.2 Å². The molecule has 0 atom stereocenters. The molecule has 1 saturated heterocycles. The minimum Gasteiger partial charge on any atom is -0.493 e. The van der Waals surface area contributed by atoms with Gasteiger partial charge in [-0.15, -0.1) is 0 Å². The second kappa shape index (κ2) is 8.55. The van der Waals surface area contributed by atoms with E-state index < -0.39 is 11.6 Å². The predicted molar refractivity (Wildman–Crippen MR) is 93.9 cm³/mol. The van der Waals surface area contributed by atoms with Crippen molar-refractivity contribution in [3.8, 4) is 11.5 Å². The van der Waals surface area contributed by atoms with E-state index in [1.54, 1.807) is 29.2 Å². The molecule has 0 bridgehead atoms. The van der Waals surface area contributed by atoms with E-state index in [1.807, 2.05) is 19.1 Å². The molecular formula is C19H25NO5. The Labute approximate surface area is 148 Å². The first-order valence-electron chi connectivity index (χ1n) is 8.50. The highest BCUT2D eigenvalue weighted by atomic mass is 16.5. The minimum absolute atomic E-state index is 0.0148. The van der Waals surface area contributed by atoms with Crippen molar-refractivity contribution in [3.63, 3.8) is 0 Å². The zero-order valence-corrected chi connectivity index (χ0v) is 14.7. The van der Waals surface area contributed by atoms with Gasteiger partial charge in [0.05, 0.1) is 7.11 Å². The standard InChI is InChI=1S/C19H25NO5/c1-3-4-5-10-17(21)20-13-11-19(12-14-20,18(22)23)25-16-9-7-6-8-15(16)24-2/h4-9H,3,10-14H2,1-2H3,(H,22,23). The van der Waals surface area contributed by atoms with Crippen LogP contribution in [-0.4, -0.2) is 47.7 Å². The average molecular weight is 347 g/mol. The van der Waals surface area contributed by atoms with Crippen LogP contribution >= 0.6 is 0 Å². The number of amides is 1. The smallest absolute Gasteiger partial charge is 0.348 e. The van der Waals surface area contributed by atoms with Crippen LogP contribution in [0.2, 0.25) is 0 Å². The normalized spacial score (nSPS) is 16.6. The van der Waals surface area contributed by atoms with E-state index in [0.717, 1.165) is 6.42 Å². The van der Waals surface area contributed by atoms with Crippen LogP contribution in [0.1, 0.15) is 32.6 Å². The van der Waals surface area contributed by atoms with Crippen molar-refractivity contribution in [2.75, 3.05) is 20.2 Å². The highest BCUT2D eigenvalue weighted by molar-refractivity contribution is 5.80. The van der Waals surface area contributed by atoms with Crippen LogP contribution in [0.4, 0.5) is 0 Å². The van der Waals surface area contributed by atoms with Gasteiger partial charge in [-0.1, -0.05) is 31.2 Å². The Hall–Kier alpha value is -2.50. The Bertz CT molecular complexity index is 632. The Morgan fingerprint density at radius 3 is 2.40 bits per heavy atom. The molecule has 1 aliphatic rings. The molecule has 1 aliphatic heterocycles. The lowest BCUT2D eigenvalue weighted by molar-refractivity contribution is -0.161. The number of methoxy groups -OCH3 is 1. The first kappa shape index (κ1) is 18.8. The molecule has 6 heteroatoms. The number of ether oxygens (including phenoxy) is 2. The molecular weight excluding hydrogens is 322 g/mol. The number of rotatable bonds is 7. The maximum absolute atomic E-state index is 12.2. The highest BCUT2D eigenvalue weighted by Crippen LogP contribution is 2.34. The molecule has 0 aromatic heterocycles. The van der Waals surface area contributed by atoms with Crippen LogP contribution in [0, 0.1) is 0 Å². The first-order valence-corrected chi connectivity index (χ1v) is 8.50. The van der Waals surface area contributed by atoms with Gasteiger partial charge in [0, 0.05) is 32.4 Å². The van der Waals surface area contributed by atoms with Crippen molar-refractivity contribution in [2.24, 2.45) is 0 Å². The molecule has 136 valence electrons. The molecule has 0 radical (unpaired) electrons. The van der Waals surface area contributed by atoms with Crippen LogP contribution in [0.5, 0.6) is 11.5 Å². The van der Waals surface area contributed by atoms with Crippen molar-refractivity contribution in [2.45, 2.75) is 38.2 Å². The number of aliphatic carboxylic acids is 1. The summed E-state index contributed by atoms with van der Waals surface area (Å²) in [6.07, 6.45) is 5.53. The van der Waals surface area contributed by atoms with E-state index in [4.69, 9.17) is 9.47 Å². The van der Waals surface area contributed by atoms with E-state index in [2.05, 4.69) is 0 Å². The molecule has 1 heterocycles. The van der Waals surface area contributed by atoms with Crippen molar-refractivity contribution >= 4 is 11.9 Å². The van der Waals surface area contributed by atoms with Crippen LogP contribution in [0.3, 0.4) is 0 Å². The summed E-state index contributed by atoms with van der Waals surface area (Å²) in [5, 5.41) is 9.73. The first-order chi connectivity index (χ1) is 12.0. The quantitative estimate of drug-likeness (QED) is 0.768. The summed E-state index contributed by atoms with van der Waals surface area (Å²) in [6, 6.07) is 6.98. The number of hydrogen-bond acceptors (Lipinski definition) is 4. The molecule has 25 heavy (non-hydrogen) atoms. The number of carboxylic acid groups (broad SMARTS) is 1. The van der Waals surface area contributed by atoms with Gasteiger partial charge in [0.15, 0.2) is 11.5 Å². The molecule has 1 aromatic carbocycles. The number of hydrogen-bond donors (Lipinski definition) is 1. The molecule has 0 unspecified atom stereocenters. The maximum Gasteiger partial charge on any atom is 0.348 e. The largest absolute Gasteiger partial charge is 0.493 e.